The molecule has 2 rings (SSSR count). The van der Waals surface area contributed by atoms with Gasteiger partial charge in [0.25, 0.3) is 0 Å². The summed E-state index contributed by atoms with van der Waals surface area (Å²) < 4.78 is 13.4. The first-order chi connectivity index (χ1) is 9.11. The lowest BCUT2D eigenvalue weighted by molar-refractivity contribution is 0.628. The van der Waals surface area contributed by atoms with Crippen molar-refractivity contribution in [2.75, 3.05) is 5.32 Å². The number of rotatable bonds is 4. The molecule has 1 nitrogen and oxygen atoms in total. The van der Waals surface area contributed by atoms with Crippen LogP contribution < -0.4 is 5.32 Å². The largest absolute Gasteiger partial charge is 0.378 e. The summed E-state index contributed by atoms with van der Waals surface area (Å²) in [5.41, 5.74) is 1.88. The zero-order chi connectivity index (χ0) is 13.8. The molecule has 0 amide bonds. The summed E-state index contributed by atoms with van der Waals surface area (Å²) in [6.45, 7) is 2.08. The SMILES string of the molecule is CCC(Nc1cc(Cl)c(F)c(Cl)c1)c1ccccc1. The van der Waals surface area contributed by atoms with Crippen molar-refractivity contribution in [3.8, 4) is 0 Å². The molecule has 0 aliphatic heterocycles. The van der Waals surface area contributed by atoms with E-state index in [0.717, 1.165) is 6.42 Å². The van der Waals surface area contributed by atoms with E-state index >= 15 is 0 Å². The summed E-state index contributed by atoms with van der Waals surface area (Å²) in [5, 5.41) is 3.37. The lowest BCUT2D eigenvalue weighted by Gasteiger charge is -2.19. The van der Waals surface area contributed by atoms with Crippen molar-refractivity contribution in [1.29, 1.82) is 0 Å². The van der Waals surface area contributed by atoms with E-state index in [-0.39, 0.29) is 16.1 Å². The monoisotopic (exact) mass is 297 g/mol. The van der Waals surface area contributed by atoms with Crippen molar-refractivity contribution in [2.45, 2.75) is 19.4 Å². The normalized spacial score (nSPS) is 12.2. The van der Waals surface area contributed by atoms with Crippen molar-refractivity contribution in [2.24, 2.45) is 0 Å². The number of hydrogen-bond acceptors (Lipinski definition) is 1. The first-order valence-corrected chi connectivity index (χ1v) is 6.83. The van der Waals surface area contributed by atoms with Crippen molar-refractivity contribution in [3.63, 3.8) is 0 Å². The lowest BCUT2D eigenvalue weighted by atomic mass is 10.0. The summed E-state index contributed by atoms with van der Waals surface area (Å²) in [4.78, 5) is 0. The fraction of sp³-hybridized carbons (Fsp3) is 0.200. The average Bonchev–Trinajstić information content (AvgIpc) is 2.43. The van der Waals surface area contributed by atoms with Crippen LogP contribution in [0.15, 0.2) is 42.5 Å². The molecular weight excluding hydrogens is 284 g/mol. The van der Waals surface area contributed by atoms with Crippen LogP contribution in [0.1, 0.15) is 24.9 Å². The molecule has 1 N–H and O–H groups in total. The molecule has 1 unspecified atom stereocenters. The molecule has 4 heteroatoms. The summed E-state index contributed by atoms with van der Waals surface area (Å²) in [6, 6.07) is 13.3. The zero-order valence-corrected chi connectivity index (χ0v) is 12.0. The van der Waals surface area contributed by atoms with Gasteiger partial charge in [-0.2, -0.15) is 0 Å². The van der Waals surface area contributed by atoms with E-state index in [4.69, 9.17) is 23.2 Å². The molecule has 0 radical (unpaired) electrons. The second-order valence-electron chi connectivity index (χ2n) is 4.27. The topological polar surface area (TPSA) is 12.0 Å². The minimum Gasteiger partial charge on any atom is -0.378 e. The quantitative estimate of drug-likeness (QED) is 0.714. The van der Waals surface area contributed by atoms with E-state index in [1.807, 2.05) is 30.3 Å². The molecule has 1 atom stereocenters. The fourth-order valence-electron chi connectivity index (χ4n) is 1.95. The first kappa shape index (κ1) is 14.2. The molecule has 0 aliphatic rings. The maximum atomic E-state index is 13.4. The summed E-state index contributed by atoms with van der Waals surface area (Å²) in [7, 11) is 0. The molecule has 100 valence electrons. The number of benzene rings is 2. The van der Waals surface area contributed by atoms with E-state index in [0.29, 0.717) is 5.69 Å². The van der Waals surface area contributed by atoms with Crippen LogP contribution in [0.25, 0.3) is 0 Å². The highest BCUT2D eigenvalue weighted by atomic mass is 35.5. The van der Waals surface area contributed by atoms with Gasteiger partial charge in [-0.15, -0.1) is 0 Å². The lowest BCUT2D eigenvalue weighted by Crippen LogP contribution is -2.09. The van der Waals surface area contributed by atoms with Crippen LogP contribution in [0.4, 0.5) is 10.1 Å². The highest BCUT2D eigenvalue weighted by Gasteiger charge is 2.12. The van der Waals surface area contributed by atoms with Crippen LogP contribution in [0.2, 0.25) is 10.0 Å². The Morgan fingerprint density at radius 3 is 2.21 bits per heavy atom. The molecule has 0 bridgehead atoms. The molecule has 2 aromatic rings. The van der Waals surface area contributed by atoms with Gasteiger partial charge < -0.3 is 5.32 Å². The minimum absolute atomic E-state index is 0.0258. The van der Waals surface area contributed by atoms with Crippen molar-refractivity contribution >= 4 is 28.9 Å². The first-order valence-electron chi connectivity index (χ1n) is 6.08. The zero-order valence-electron chi connectivity index (χ0n) is 10.5. The Morgan fingerprint density at radius 1 is 1.11 bits per heavy atom. The Labute approximate surface area is 122 Å². The third kappa shape index (κ3) is 3.40. The third-order valence-corrected chi connectivity index (χ3v) is 3.48. The third-order valence-electron chi connectivity index (χ3n) is 2.93. The van der Waals surface area contributed by atoms with Gasteiger partial charge in [0.1, 0.15) is 0 Å². The van der Waals surface area contributed by atoms with Crippen LogP contribution in [0.3, 0.4) is 0 Å². The van der Waals surface area contributed by atoms with Gasteiger partial charge in [0, 0.05) is 5.69 Å². The molecular formula is C15H14Cl2FN. The van der Waals surface area contributed by atoms with Crippen LogP contribution in [-0.4, -0.2) is 0 Å². The minimum atomic E-state index is -0.582. The molecule has 0 aliphatic carbocycles. The van der Waals surface area contributed by atoms with Gasteiger partial charge in [0.15, 0.2) is 5.82 Å². The standard InChI is InChI=1S/C15H14Cl2FN/c1-2-14(10-6-4-3-5-7-10)19-11-8-12(16)15(18)13(17)9-11/h3-9,14,19H,2H2,1H3. The van der Waals surface area contributed by atoms with Gasteiger partial charge in [0.05, 0.1) is 16.1 Å². The highest BCUT2D eigenvalue weighted by Crippen LogP contribution is 2.30. The Hall–Kier alpha value is -1.25. The maximum Gasteiger partial charge on any atom is 0.160 e. The van der Waals surface area contributed by atoms with Crippen LogP contribution >= 0.6 is 23.2 Å². The van der Waals surface area contributed by atoms with Gasteiger partial charge >= 0.3 is 0 Å². The van der Waals surface area contributed by atoms with Gasteiger partial charge in [-0.3, -0.25) is 0 Å². The summed E-state index contributed by atoms with van der Waals surface area (Å²) in [5.74, 6) is -0.582. The van der Waals surface area contributed by atoms with E-state index in [1.165, 1.54) is 5.56 Å². The predicted octanol–water partition coefficient (Wildman–Crippen LogP) is 5.70. The molecule has 0 saturated carbocycles. The van der Waals surface area contributed by atoms with Crippen LogP contribution in [0.5, 0.6) is 0 Å². The smallest absolute Gasteiger partial charge is 0.160 e. The molecule has 0 saturated heterocycles. The van der Waals surface area contributed by atoms with Crippen molar-refractivity contribution in [1.82, 2.24) is 0 Å². The summed E-state index contributed by atoms with van der Waals surface area (Å²) >= 11 is 11.6. The van der Waals surface area contributed by atoms with Gasteiger partial charge in [-0.05, 0) is 24.1 Å². The fourth-order valence-corrected chi connectivity index (χ4v) is 2.43. The van der Waals surface area contributed by atoms with Crippen molar-refractivity contribution < 1.29 is 4.39 Å². The summed E-state index contributed by atoms with van der Waals surface area (Å²) in [6.07, 6.45) is 0.899. The molecule has 2 aromatic carbocycles. The van der Waals surface area contributed by atoms with E-state index in [2.05, 4.69) is 12.2 Å². The number of nitrogens with one attached hydrogen (secondary N) is 1. The second kappa shape index (κ2) is 6.27. The van der Waals surface area contributed by atoms with Gasteiger partial charge in [0.2, 0.25) is 0 Å². The van der Waals surface area contributed by atoms with E-state index in [9.17, 15) is 4.39 Å². The van der Waals surface area contributed by atoms with Crippen LogP contribution in [0, 0.1) is 5.82 Å². The molecule has 19 heavy (non-hydrogen) atoms. The van der Waals surface area contributed by atoms with E-state index in [1.54, 1.807) is 12.1 Å². The van der Waals surface area contributed by atoms with Crippen LogP contribution in [-0.2, 0) is 0 Å². The molecule has 0 spiro atoms. The number of halogens is 3. The van der Waals surface area contributed by atoms with E-state index < -0.39 is 5.82 Å². The molecule has 0 fully saturated rings. The van der Waals surface area contributed by atoms with Gasteiger partial charge in [-0.25, -0.2) is 4.39 Å². The molecule has 0 aromatic heterocycles. The average molecular weight is 298 g/mol. The predicted molar refractivity (Wildman–Crippen MR) is 79.5 cm³/mol. The second-order valence-corrected chi connectivity index (χ2v) is 5.08. The van der Waals surface area contributed by atoms with Crippen molar-refractivity contribution in [3.05, 3.63) is 63.9 Å². The maximum absolute atomic E-state index is 13.4. The highest BCUT2D eigenvalue weighted by molar-refractivity contribution is 6.35. The molecule has 0 heterocycles. The number of anilines is 1. The Kier molecular flexibility index (Phi) is 4.67. The Bertz CT molecular complexity index is 534. The Balaban J connectivity index is 2.24. The van der Waals surface area contributed by atoms with Gasteiger partial charge in [-0.1, -0.05) is 60.5 Å². The Morgan fingerprint density at radius 2 is 1.68 bits per heavy atom. The number of hydrogen-bond donors (Lipinski definition) is 1.